The minimum Gasteiger partial charge on any atom is -0.306 e. The maximum absolute atomic E-state index is 12.8. The average molecular weight is 317 g/mol. The van der Waals surface area contributed by atoms with Crippen LogP contribution in [0.1, 0.15) is 33.1 Å². The second kappa shape index (κ2) is 6.94. The standard InChI is InChI=1S/C15H31N3O2S/c1-13-9-14(2)11-18(10-13)21(19,20)17(4)12-15-5-7-16(3)8-6-15/h13-15H,5-12H2,1-4H3/t13-,14-/m1/s1. The zero-order valence-electron chi connectivity index (χ0n) is 14.0. The first-order valence-electron chi connectivity index (χ1n) is 8.19. The molecule has 2 rings (SSSR count). The van der Waals surface area contributed by atoms with Gasteiger partial charge in [0.1, 0.15) is 0 Å². The van der Waals surface area contributed by atoms with Gasteiger partial charge in [-0.3, -0.25) is 0 Å². The Hall–Kier alpha value is -0.170. The molecule has 2 aliphatic rings. The fraction of sp³-hybridized carbons (Fsp3) is 1.00. The Balaban J connectivity index is 1.95. The van der Waals surface area contributed by atoms with Crippen molar-refractivity contribution in [3.8, 4) is 0 Å². The molecule has 0 radical (unpaired) electrons. The summed E-state index contributed by atoms with van der Waals surface area (Å²) < 4.78 is 28.8. The summed E-state index contributed by atoms with van der Waals surface area (Å²) in [5.41, 5.74) is 0. The van der Waals surface area contributed by atoms with E-state index in [1.165, 1.54) is 0 Å². The molecule has 124 valence electrons. The number of likely N-dealkylation sites (tertiary alicyclic amines) is 1. The van der Waals surface area contributed by atoms with E-state index in [1.54, 1.807) is 15.7 Å². The van der Waals surface area contributed by atoms with Crippen LogP contribution < -0.4 is 0 Å². The van der Waals surface area contributed by atoms with Gasteiger partial charge in [0.25, 0.3) is 10.2 Å². The molecule has 0 spiro atoms. The van der Waals surface area contributed by atoms with Gasteiger partial charge in [-0.2, -0.15) is 17.0 Å². The first-order chi connectivity index (χ1) is 9.79. The van der Waals surface area contributed by atoms with E-state index in [9.17, 15) is 8.42 Å². The fourth-order valence-electron chi connectivity index (χ4n) is 3.69. The predicted octanol–water partition coefficient (Wildman–Crippen LogP) is 1.48. The number of hydrogen-bond donors (Lipinski definition) is 0. The monoisotopic (exact) mass is 317 g/mol. The Bertz CT molecular complexity index is 422. The second-order valence-electron chi connectivity index (χ2n) is 7.30. The summed E-state index contributed by atoms with van der Waals surface area (Å²) in [4.78, 5) is 2.32. The summed E-state index contributed by atoms with van der Waals surface area (Å²) in [6.45, 7) is 8.46. The molecule has 0 saturated carbocycles. The van der Waals surface area contributed by atoms with Gasteiger partial charge < -0.3 is 4.90 Å². The molecule has 0 unspecified atom stereocenters. The molecule has 2 atom stereocenters. The molecule has 0 aliphatic carbocycles. The summed E-state index contributed by atoms with van der Waals surface area (Å²) >= 11 is 0. The van der Waals surface area contributed by atoms with Crippen molar-refractivity contribution in [1.29, 1.82) is 0 Å². The fourth-order valence-corrected chi connectivity index (χ4v) is 5.37. The van der Waals surface area contributed by atoms with E-state index >= 15 is 0 Å². The topological polar surface area (TPSA) is 43.9 Å². The summed E-state index contributed by atoms with van der Waals surface area (Å²) in [5.74, 6) is 1.42. The molecule has 0 aromatic carbocycles. The maximum Gasteiger partial charge on any atom is 0.281 e. The minimum absolute atomic E-state index is 0.459. The van der Waals surface area contributed by atoms with Crippen LogP contribution in [0.2, 0.25) is 0 Å². The molecule has 0 aromatic heterocycles. The smallest absolute Gasteiger partial charge is 0.281 e. The van der Waals surface area contributed by atoms with Crippen molar-refractivity contribution in [2.45, 2.75) is 33.1 Å². The van der Waals surface area contributed by atoms with Gasteiger partial charge in [-0.05, 0) is 57.2 Å². The van der Waals surface area contributed by atoms with Gasteiger partial charge in [0.05, 0.1) is 0 Å². The van der Waals surface area contributed by atoms with Crippen molar-refractivity contribution in [3.05, 3.63) is 0 Å². The summed E-state index contributed by atoms with van der Waals surface area (Å²) in [5, 5.41) is 0. The van der Waals surface area contributed by atoms with Crippen LogP contribution in [-0.4, -0.2) is 68.7 Å². The van der Waals surface area contributed by atoms with Crippen molar-refractivity contribution >= 4 is 10.2 Å². The first kappa shape index (κ1) is 17.2. The van der Waals surface area contributed by atoms with Crippen molar-refractivity contribution in [3.63, 3.8) is 0 Å². The van der Waals surface area contributed by atoms with Crippen LogP contribution in [0.25, 0.3) is 0 Å². The van der Waals surface area contributed by atoms with Crippen LogP contribution in [0.4, 0.5) is 0 Å². The molecule has 2 aliphatic heterocycles. The van der Waals surface area contributed by atoms with Crippen LogP contribution in [0.3, 0.4) is 0 Å². The first-order valence-corrected chi connectivity index (χ1v) is 9.58. The van der Waals surface area contributed by atoms with Gasteiger partial charge in [-0.15, -0.1) is 0 Å². The highest BCUT2D eigenvalue weighted by Gasteiger charge is 2.34. The highest BCUT2D eigenvalue weighted by Crippen LogP contribution is 2.25. The van der Waals surface area contributed by atoms with Crippen LogP contribution in [0.15, 0.2) is 0 Å². The maximum atomic E-state index is 12.8. The van der Waals surface area contributed by atoms with E-state index in [4.69, 9.17) is 0 Å². The lowest BCUT2D eigenvalue weighted by Crippen LogP contribution is -2.49. The van der Waals surface area contributed by atoms with E-state index < -0.39 is 10.2 Å². The van der Waals surface area contributed by atoms with E-state index in [1.807, 2.05) is 0 Å². The molecule has 6 heteroatoms. The van der Waals surface area contributed by atoms with Gasteiger partial charge in [-0.1, -0.05) is 13.8 Å². The molecule has 2 heterocycles. The van der Waals surface area contributed by atoms with E-state index in [2.05, 4.69) is 25.8 Å². The van der Waals surface area contributed by atoms with Crippen LogP contribution in [-0.2, 0) is 10.2 Å². The number of rotatable bonds is 4. The largest absolute Gasteiger partial charge is 0.306 e. The van der Waals surface area contributed by atoms with Crippen LogP contribution in [0.5, 0.6) is 0 Å². The highest BCUT2D eigenvalue weighted by molar-refractivity contribution is 7.86. The Morgan fingerprint density at radius 2 is 1.62 bits per heavy atom. The van der Waals surface area contributed by atoms with Crippen molar-refractivity contribution in [2.24, 2.45) is 17.8 Å². The normalized spacial score (nSPS) is 30.9. The van der Waals surface area contributed by atoms with Crippen LogP contribution >= 0.6 is 0 Å². The molecule has 2 fully saturated rings. The number of piperidine rings is 2. The molecule has 0 amide bonds. The van der Waals surface area contributed by atoms with Crippen molar-refractivity contribution in [2.75, 3.05) is 46.8 Å². The van der Waals surface area contributed by atoms with Crippen molar-refractivity contribution < 1.29 is 8.42 Å². The van der Waals surface area contributed by atoms with E-state index in [0.29, 0.717) is 37.4 Å². The molecule has 2 saturated heterocycles. The lowest BCUT2D eigenvalue weighted by molar-refractivity contribution is 0.187. The third kappa shape index (κ3) is 4.41. The zero-order valence-corrected chi connectivity index (χ0v) is 14.8. The van der Waals surface area contributed by atoms with Gasteiger partial charge >= 0.3 is 0 Å². The average Bonchev–Trinajstić information content (AvgIpc) is 2.40. The number of hydrogen-bond acceptors (Lipinski definition) is 3. The number of nitrogens with zero attached hydrogens (tertiary/aromatic N) is 3. The third-order valence-electron chi connectivity index (χ3n) is 4.91. The molecule has 5 nitrogen and oxygen atoms in total. The second-order valence-corrected chi connectivity index (χ2v) is 9.33. The van der Waals surface area contributed by atoms with Crippen LogP contribution in [0, 0.1) is 17.8 Å². The Morgan fingerprint density at radius 3 is 2.14 bits per heavy atom. The quantitative estimate of drug-likeness (QED) is 0.789. The molecule has 0 aromatic rings. The third-order valence-corrected chi connectivity index (χ3v) is 6.80. The minimum atomic E-state index is -3.29. The lowest BCUT2D eigenvalue weighted by atomic mass is 9.94. The summed E-state index contributed by atoms with van der Waals surface area (Å²) in [6, 6.07) is 0. The SMILES string of the molecule is C[C@@H]1C[C@@H](C)CN(S(=O)(=O)N(C)CC2CCN(C)CC2)C1. The zero-order chi connectivity index (χ0) is 15.6. The Morgan fingerprint density at radius 1 is 1.10 bits per heavy atom. The lowest BCUT2D eigenvalue weighted by Gasteiger charge is -2.37. The van der Waals surface area contributed by atoms with E-state index in [0.717, 1.165) is 32.4 Å². The highest BCUT2D eigenvalue weighted by atomic mass is 32.2. The molecule has 21 heavy (non-hydrogen) atoms. The predicted molar refractivity (Wildman–Crippen MR) is 86.3 cm³/mol. The summed E-state index contributed by atoms with van der Waals surface area (Å²) in [6.07, 6.45) is 3.33. The van der Waals surface area contributed by atoms with Crippen molar-refractivity contribution in [1.82, 2.24) is 13.5 Å². The van der Waals surface area contributed by atoms with Gasteiger partial charge in [-0.25, -0.2) is 0 Å². The molecule has 0 N–H and O–H groups in total. The molecular formula is C15H31N3O2S. The Labute approximate surface area is 130 Å². The molecule has 0 bridgehead atoms. The van der Waals surface area contributed by atoms with Gasteiger partial charge in [0.15, 0.2) is 0 Å². The van der Waals surface area contributed by atoms with E-state index in [-0.39, 0.29) is 0 Å². The summed E-state index contributed by atoms with van der Waals surface area (Å²) in [7, 11) is 0.592. The molecular weight excluding hydrogens is 286 g/mol. The van der Waals surface area contributed by atoms with Gasteiger partial charge in [0, 0.05) is 26.7 Å². The Kier molecular flexibility index (Phi) is 5.68. The van der Waals surface area contributed by atoms with Gasteiger partial charge in [0.2, 0.25) is 0 Å².